The van der Waals surface area contributed by atoms with Gasteiger partial charge in [0.2, 0.25) is 10.0 Å². The molecule has 1 aliphatic heterocycles. The van der Waals surface area contributed by atoms with Gasteiger partial charge in [0.25, 0.3) is 0 Å². The van der Waals surface area contributed by atoms with Gasteiger partial charge in [-0.25, -0.2) is 22.2 Å². The maximum Gasteiger partial charge on any atom is 0.410 e. The van der Waals surface area contributed by atoms with Crippen LogP contribution < -0.4 is 0 Å². The first kappa shape index (κ1) is 23.5. The van der Waals surface area contributed by atoms with Crippen molar-refractivity contribution in [2.24, 2.45) is 0 Å². The highest BCUT2D eigenvalue weighted by Gasteiger charge is 2.29. The Morgan fingerprint density at radius 1 is 1.18 bits per heavy atom. The summed E-state index contributed by atoms with van der Waals surface area (Å²) in [5.74, 6) is -0.165. The van der Waals surface area contributed by atoms with Gasteiger partial charge in [-0.1, -0.05) is 36.4 Å². The molecular formula is C24H26BrN3O4S. The molecule has 1 amide bonds. The minimum absolute atomic E-state index is 0.165. The summed E-state index contributed by atoms with van der Waals surface area (Å²) in [6, 6.07) is 12.7. The highest BCUT2D eigenvalue weighted by molar-refractivity contribution is 9.10. The van der Waals surface area contributed by atoms with Crippen LogP contribution in [0.25, 0.3) is 16.6 Å². The maximum atomic E-state index is 13.6. The minimum atomic E-state index is -3.80. The molecule has 7 nitrogen and oxygen atoms in total. The molecule has 0 atom stereocenters. The number of carbonyl (C=O) groups is 1. The second-order valence-electron chi connectivity index (χ2n) is 8.99. The Balaban J connectivity index is 1.77. The molecule has 0 saturated heterocycles. The molecule has 0 radical (unpaired) electrons. The summed E-state index contributed by atoms with van der Waals surface area (Å²) >= 11 is 3.52. The van der Waals surface area contributed by atoms with Crippen molar-refractivity contribution in [3.05, 3.63) is 70.5 Å². The molecule has 0 unspecified atom stereocenters. The van der Waals surface area contributed by atoms with Gasteiger partial charge in [-0.2, -0.15) is 0 Å². The average Bonchev–Trinajstić information content (AvgIpc) is 3.15. The lowest BCUT2D eigenvalue weighted by Crippen LogP contribution is -2.40. The number of rotatable bonds is 4. The summed E-state index contributed by atoms with van der Waals surface area (Å²) in [5.41, 5.74) is 1.68. The van der Waals surface area contributed by atoms with E-state index in [-0.39, 0.29) is 12.3 Å². The third-order valence-electron chi connectivity index (χ3n) is 5.21. The zero-order valence-electron chi connectivity index (χ0n) is 18.8. The Morgan fingerprint density at radius 2 is 1.91 bits per heavy atom. The van der Waals surface area contributed by atoms with Crippen molar-refractivity contribution in [3.63, 3.8) is 0 Å². The largest absolute Gasteiger partial charge is 0.444 e. The van der Waals surface area contributed by atoms with Crippen LogP contribution in [0, 0.1) is 0 Å². The standard InChI is InChI=1S/C24H26BrN3O4S/c1-24(2,3)32-23(29)27-13-7-10-18(15-27)21-14-19-20(25)11-12-26-22(19)28(21)33(30,31)16-17-8-5-4-6-9-17/h4-6,8-12,14H,7,13,15-16H2,1-3H3. The smallest absolute Gasteiger partial charge is 0.410 e. The average molecular weight is 532 g/mol. The van der Waals surface area contributed by atoms with Gasteiger partial charge in [0, 0.05) is 22.6 Å². The topological polar surface area (TPSA) is 81.5 Å². The number of nitrogens with zero attached hydrogens (tertiary/aromatic N) is 3. The molecular weight excluding hydrogens is 506 g/mol. The highest BCUT2D eigenvalue weighted by atomic mass is 79.9. The van der Waals surface area contributed by atoms with Crippen LogP contribution in [0.4, 0.5) is 4.79 Å². The lowest BCUT2D eigenvalue weighted by molar-refractivity contribution is 0.0273. The predicted octanol–water partition coefficient (Wildman–Crippen LogP) is 5.20. The molecule has 174 valence electrons. The fraction of sp³-hybridized carbons (Fsp3) is 0.333. The molecule has 0 fully saturated rings. The lowest BCUT2D eigenvalue weighted by atomic mass is 10.1. The van der Waals surface area contributed by atoms with Gasteiger partial charge in [0.05, 0.1) is 18.0 Å². The summed E-state index contributed by atoms with van der Waals surface area (Å²) < 4.78 is 34.9. The molecule has 3 heterocycles. The zero-order valence-corrected chi connectivity index (χ0v) is 21.2. The van der Waals surface area contributed by atoms with Gasteiger partial charge in [0.1, 0.15) is 5.60 Å². The van der Waals surface area contributed by atoms with Crippen molar-refractivity contribution >= 4 is 48.7 Å². The predicted molar refractivity (Wildman–Crippen MR) is 132 cm³/mol. The fourth-order valence-electron chi connectivity index (χ4n) is 3.81. The SMILES string of the molecule is CC(C)(C)OC(=O)N1CCC=C(c2cc3c(Br)ccnc3n2S(=O)(=O)Cc2ccccc2)C1. The van der Waals surface area contributed by atoms with Gasteiger partial charge in [-0.3, -0.25) is 0 Å². The Kier molecular flexibility index (Phi) is 6.37. The van der Waals surface area contributed by atoms with Crippen molar-refractivity contribution < 1.29 is 17.9 Å². The number of hydrogen-bond acceptors (Lipinski definition) is 5. The van der Waals surface area contributed by atoms with Gasteiger partial charge in [-0.15, -0.1) is 0 Å². The molecule has 9 heteroatoms. The van der Waals surface area contributed by atoms with Gasteiger partial charge in [0.15, 0.2) is 5.65 Å². The van der Waals surface area contributed by atoms with Crippen molar-refractivity contribution in [1.82, 2.24) is 13.9 Å². The number of hydrogen-bond donors (Lipinski definition) is 0. The minimum Gasteiger partial charge on any atom is -0.444 e. The van der Waals surface area contributed by atoms with E-state index in [1.54, 1.807) is 29.3 Å². The van der Waals surface area contributed by atoms with Crippen molar-refractivity contribution in [1.29, 1.82) is 0 Å². The van der Waals surface area contributed by atoms with Crippen molar-refractivity contribution in [2.45, 2.75) is 38.5 Å². The molecule has 0 N–H and O–H groups in total. The van der Waals surface area contributed by atoms with E-state index < -0.39 is 21.7 Å². The van der Waals surface area contributed by atoms with Gasteiger partial charge in [-0.05, 0) is 66.4 Å². The van der Waals surface area contributed by atoms with Crippen LogP contribution in [0.15, 0.2) is 59.2 Å². The summed E-state index contributed by atoms with van der Waals surface area (Å²) in [7, 11) is -3.80. The molecule has 3 aromatic rings. The second-order valence-corrected chi connectivity index (χ2v) is 11.7. The quantitative estimate of drug-likeness (QED) is 0.462. The number of halogens is 1. The third kappa shape index (κ3) is 5.14. The number of benzene rings is 1. The van der Waals surface area contributed by atoms with Crippen molar-refractivity contribution in [3.8, 4) is 0 Å². The number of fused-ring (bicyclic) bond motifs is 1. The summed E-state index contributed by atoms with van der Waals surface area (Å²) in [4.78, 5) is 18.7. The first-order chi connectivity index (χ1) is 15.5. The lowest BCUT2D eigenvalue weighted by Gasteiger charge is -2.30. The number of pyridine rings is 1. The molecule has 0 saturated carbocycles. The Hall–Kier alpha value is -2.65. The van der Waals surface area contributed by atoms with E-state index in [4.69, 9.17) is 4.74 Å². The van der Waals surface area contributed by atoms with Crippen LogP contribution in [-0.2, 0) is 20.5 Å². The van der Waals surface area contributed by atoms with Gasteiger partial charge < -0.3 is 9.64 Å². The van der Waals surface area contributed by atoms with E-state index in [9.17, 15) is 13.2 Å². The van der Waals surface area contributed by atoms with E-state index in [0.717, 1.165) is 10.0 Å². The van der Waals surface area contributed by atoms with E-state index in [2.05, 4.69) is 20.9 Å². The molecule has 1 aliphatic rings. The van der Waals surface area contributed by atoms with E-state index in [1.165, 1.54) is 3.97 Å². The Labute approximate surface area is 202 Å². The molecule has 2 aromatic heterocycles. The van der Waals surface area contributed by atoms with E-state index >= 15 is 0 Å². The van der Waals surface area contributed by atoms with Crippen LogP contribution in [0.2, 0.25) is 0 Å². The molecule has 4 rings (SSSR count). The third-order valence-corrected chi connectivity index (χ3v) is 7.53. The van der Waals surface area contributed by atoms with E-state index in [0.29, 0.717) is 35.3 Å². The molecule has 1 aromatic carbocycles. The summed E-state index contributed by atoms with van der Waals surface area (Å²) in [6.45, 7) is 6.23. The number of aromatic nitrogens is 2. The molecule has 0 bridgehead atoms. The van der Waals surface area contributed by atoms with E-state index in [1.807, 2.05) is 51.1 Å². The molecule has 33 heavy (non-hydrogen) atoms. The normalized spacial score (nSPS) is 14.9. The summed E-state index contributed by atoms with van der Waals surface area (Å²) in [6.07, 6.45) is 3.75. The first-order valence-electron chi connectivity index (χ1n) is 10.7. The summed E-state index contributed by atoms with van der Waals surface area (Å²) in [5, 5.41) is 0.694. The number of ether oxygens (including phenoxy) is 1. The first-order valence-corrected chi connectivity index (χ1v) is 13.1. The Bertz CT molecular complexity index is 1320. The van der Waals surface area contributed by atoms with Crippen LogP contribution in [-0.4, -0.2) is 47.1 Å². The maximum absolute atomic E-state index is 13.6. The molecule has 0 aliphatic carbocycles. The van der Waals surface area contributed by atoms with Crippen molar-refractivity contribution in [2.75, 3.05) is 13.1 Å². The van der Waals surface area contributed by atoms with Gasteiger partial charge >= 0.3 is 6.09 Å². The molecule has 0 spiro atoms. The fourth-order valence-corrected chi connectivity index (χ4v) is 5.84. The Morgan fingerprint density at radius 3 is 2.61 bits per heavy atom. The van der Waals surface area contributed by atoms with Crippen LogP contribution in [0.5, 0.6) is 0 Å². The van der Waals surface area contributed by atoms with Crippen LogP contribution in [0.3, 0.4) is 0 Å². The zero-order chi connectivity index (χ0) is 23.8. The highest BCUT2D eigenvalue weighted by Crippen LogP contribution is 2.33. The van der Waals surface area contributed by atoms with Crippen LogP contribution >= 0.6 is 15.9 Å². The second kappa shape index (κ2) is 8.95. The van der Waals surface area contributed by atoms with Crippen LogP contribution in [0.1, 0.15) is 38.4 Å². The number of carbonyl (C=O) groups excluding carboxylic acids is 1. The number of amides is 1. The monoisotopic (exact) mass is 531 g/mol.